The highest BCUT2D eigenvalue weighted by molar-refractivity contribution is 6.30. The molecule has 0 saturated heterocycles. The van der Waals surface area contributed by atoms with Crippen LogP contribution in [0.4, 0.5) is 8.78 Å². The Morgan fingerprint density at radius 1 is 1.00 bits per heavy atom. The van der Waals surface area contributed by atoms with Gasteiger partial charge in [-0.15, -0.1) is 0 Å². The molecule has 192 valence electrons. The van der Waals surface area contributed by atoms with E-state index < -0.39 is 17.6 Å². The van der Waals surface area contributed by atoms with Crippen LogP contribution in [0.5, 0.6) is 17.2 Å². The summed E-state index contributed by atoms with van der Waals surface area (Å²) >= 11 is 5.76. The first-order valence-corrected chi connectivity index (χ1v) is 11.8. The summed E-state index contributed by atoms with van der Waals surface area (Å²) in [5.41, 5.74) is 2.33. The van der Waals surface area contributed by atoms with Gasteiger partial charge in [-0.3, -0.25) is 4.98 Å². The predicted octanol–water partition coefficient (Wildman–Crippen LogP) is 6.56. The molecule has 0 unspecified atom stereocenters. The van der Waals surface area contributed by atoms with Crippen LogP contribution in [0.1, 0.15) is 27.4 Å². The second kappa shape index (κ2) is 10.5. The fourth-order valence-corrected chi connectivity index (χ4v) is 4.07. The number of nitrogens with zero attached hydrogens (tertiary/aromatic N) is 3. The van der Waals surface area contributed by atoms with Crippen LogP contribution in [0.2, 0.25) is 5.02 Å². The molecular formula is C28H20ClF2N3O4. The smallest absolute Gasteiger partial charge is 0.335 e. The first-order chi connectivity index (χ1) is 18.3. The summed E-state index contributed by atoms with van der Waals surface area (Å²) < 4.78 is 41.9. The van der Waals surface area contributed by atoms with Gasteiger partial charge in [0, 0.05) is 36.8 Å². The maximum Gasteiger partial charge on any atom is 0.335 e. The lowest BCUT2D eigenvalue weighted by Crippen LogP contribution is -2.02. The summed E-state index contributed by atoms with van der Waals surface area (Å²) in [4.78, 5) is 20.0. The van der Waals surface area contributed by atoms with E-state index in [2.05, 4.69) is 9.97 Å². The lowest BCUT2D eigenvalue weighted by Gasteiger charge is -2.10. The van der Waals surface area contributed by atoms with Gasteiger partial charge in [-0.1, -0.05) is 17.7 Å². The van der Waals surface area contributed by atoms with Crippen LogP contribution in [0.25, 0.3) is 11.0 Å². The van der Waals surface area contributed by atoms with Gasteiger partial charge in [-0.25, -0.2) is 18.6 Å². The molecule has 38 heavy (non-hydrogen) atoms. The summed E-state index contributed by atoms with van der Waals surface area (Å²) in [5.74, 6) is -0.758. The minimum Gasteiger partial charge on any atom is -0.484 e. The third-order valence-corrected chi connectivity index (χ3v) is 6.12. The van der Waals surface area contributed by atoms with Crippen molar-refractivity contribution >= 4 is 28.6 Å². The minimum atomic E-state index is -1.03. The Hall–Kier alpha value is -4.50. The van der Waals surface area contributed by atoms with Crippen molar-refractivity contribution in [3.63, 3.8) is 0 Å². The number of aryl methyl sites for hydroxylation is 1. The lowest BCUT2D eigenvalue weighted by molar-refractivity contribution is 0.0697. The number of fused-ring (bicyclic) bond motifs is 1. The van der Waals surface area contributed by atoms with Crippen LogP contribution < -0.4 is 9.47 Å². The fourth-order valence-electron chi connectivity index (χ4n) is 3.91. The second-order valence-electron chi connectivity index (χ2n) is 8.47. The summed E-state index contributed by atoms with van der Waals surface area (Å²) in [6.45, 7) is -0.00493. The quantitative estimate of drug-likeness (QED) is 0.242. The van der Waals surface area contributed by atoms with Crippen molar-refractivity contribution in [3.8, 4) is 17.2 Å². The Morgan fingerprint density at radius 2 is 1.82 bits per heavy atom. The molecule has 1 N–H and O–H groups in total. The number of aromatic carboxylic acids is 1. The molecule has 5 rings (SSSR count). The Morgan fingerprint density at radius 3 is 2.58 bits per heavy atom. The number of carboxylic acids is 1. The second-order valence-corrected chi connectivity index (χ2v) is 8.91. The normalized spacial score (nSPS) is 11.1. The van der Waals surface area contributed by atoms with Gasteiger partial charge in [0.15, 0.2) is 11.6 Å². The number of hydrogen-bond donors (Lipinski definition) is 1. The van der Waals surface area contributed by atoms with E-state index in [1.165, 1.54) is 30.5 Å². The molecule has 0 bridgehead atoms. The molecule has 0 atom stereocenters. The number of pyridine rings is 1. The van der Waals surface area contributed by atoms with E-state index in [-0.39, 0.29) is 35.1 Å². The number of halogens is 3. The minimum absolute atomic E-state index is 0.00493. The third kappa shape index (κ3) is 5.42. The van der Waals surface area contributed by atoms with Crippen molar-refractivity contribution < 1.29 is 28.2 Å². The summed E-state index contributed by atoms with van der Waals surface area (Å²) in [7, 11) is 1.76. The fraction of sp³-hybridized carbons (Fsp3) is 0.107. The van der Waals surface area contributed by atoms with E-state index in [4.69, 9.17) is 21.1 Å². The standard InChI is InChI=1S/C28H20ClF2N3O4/c1-34-25-10-17(28(35)36)3-6-24(25)33-27(34)11-16-2-5-20(14-22(16)30)38-21-8-9-32-19(13-21)15-37-26-7-4-18(29)12-23(26)31/h2-10,12-14H,11,15H2,1H3,(H,35,36). The van der Waals surface area contributed by atoms with Gasteiger partial charge in [0.25, 0.3) is 0 Å². The van der Waals surface area contributed by atoms with Gasteiger partial charge >= 0.3 is 5.97 Å². The number of carbonyl (C=O) groups is 1. The zero-order valence-electron chi connectivity index (χ0n) is 20.0. The molecule has 0 amide bonds. The van der Waals surface area contributed by atoms with E-state index in [9.17, 15) is 18.7 Å². The highest BCUT2D eigenvalue weighted by Gasteiger charge is 2.14. The molecule has 7 nitrogen and oxygen atoms in total. The molecule has 10 heteroatoms. The molecule has 0 aliphatic heterocycles. The van der Waals surface area contributed by atoms with E-state index >= 15 is 0 Å². The Balaban J connectivity index is 1.28. The highest BCUT2D eigenvalue weighted by atomic mass is 35.5. The van der Waals surface area contributed by atoms with Crippen molar-refractivity contribution in [2.75, 3.05) is 0 Å². The SMILES string of the molecule is Cn1c(Cc2ccc(Oc3ccnc(COc4ccc(Cl)cc4F)c3)cc2F)nc2ccc(C(=O)O)cc21. The number of imidazole rings is 1. The van der Waals surface area contributed by atoms with E-state index in [1.54, 1.807) is 48.0 Å². The summed E-state index contributed by atoms with van der Waals surface area (Å²) in [6, 6.07) is 16.5. The van der Waals surface area contributed by atoms with Crippen molar-refractivity contribution in [2.24, 2.45) is 7.05 Å². The Labute approximate surface area is 220 Å². The monoisotopic (exact) mass is 535 g/mol. The molecular weight excluding hydrogens is 516 g/mol. The molecule has 2 heterocycles. The molecule has 5 aromatic rings. The van der Waals surface area contributed by atoms with Gasteiger partial charge in [0.05, 0.1) is 22.3 Å². The maximum atomic E-state index is 15.0. The van der Waals surface area contributed by atoms with Gasteiger partial charge in [-0.2, -0.15) is 0 Å². The van der Waals surface area contributed by atoms with Gasteiger partial charge in [0.2, 0.25) is 0 Å². The van der Waals surface area contributed by atoms with E-state index in [0.717, 1.165) is 6.07 Å². The topological polar surface area (TPSA) is 86.5 Å². The molecule has 0 aliphatic rings. The number of aromatic nitrogens is 3. The molecule has 3 aromatic carbocycles. The molecule has 0 spiro atoms. The molecule has 0 aliphatic carbocycles. The molecule has 2 aromatic heterocycles. The number of benzene rings is 3. The zero-order chi connectivity index (χ0) is 26.8. The van der Waals surface area contributed by atoms with Gasteiger partial charge in [0.1, 0.15) is 29.7 Å². The van der Waals surface area contributed by atoms with Crippen molar-refractivity contribution in [3.05, 3.63) is 112 Å². The van der Waals surface area contributed by atoms with Crippen LogP contribution in [-0.2, 0) is 20.1 Å². The van der Waals surface area contributed by atoms with Crippen LogP contribution >= 0.6 is 11.6 Å². The Kier molecular flexibility index (Phi) is 6.93. The summed E-state index contributed by atoms with van der Waals surface area (Å²) in [6.07, 6.45) is 1.72. The van der Waals surface area contributed by atoms with E-state index in [1.807, 2.05) is 0 Å². The first kappa shape index (κ1) is 25.2. The van der Waals surface area contributed by atoms with Crippen molar-refractivity contribution in [1.29, 1.82) is 0 Å². The average molecular weight is 536 g/mol. The van der Waals surface area contributed by atoms with Crippen molar-refractivity contribution in [1.82, 2.24) is 14.5 Å². The molecule has 0 fully saturated rings. The first-order valence-electron chi connectivity index (χ1n) is 11.4. The van der Waals surface area contributed by atoms with Crippen LogP contribution in [0, 0.1) is 11.6 Å². The number of carboxylic acid groups (broad SMARTS) is 1. The zero-order valence-corrected chi connectivity index (χ0v) is 20.7. The summed E-state index contributed by atoms with van der Waals surface area (Å²) in [5, 5.41) is 9.50. The molecule has 0 saturated carbocycles. The third-order valence-electron chi connectivity index (χ3n) is 5.89. The van der Waals surface area contributed by atoms with E-state index in [0.29, 0.717) is 33.9 Å². The predicted molar refractivity (Wildman–Crippen MR) is 137 cm³/mol. The number of hydrogen-bond acceptors (Lipinski definition) is 5. The van der Waals surface area contributed by atoms with Crippen LogP contribution in [0.15, 0.2) is 72.9 Å². The lowest BCUT2D eigenvalue weighted by atomic mass is 10.1. The highest BCUT2D eigenvalue weighted by Crippen LogP contribution is 2.27. The van der Waals surface area contributed by atoms with Crippen LogP contribution in [0.3, 0.4) is 0 Å². The van der Waals surface area contributed by atoms with Crippen LogP contribution in [-0.4, -0.2) is 25.6 Å². The number of rotatable bonds is 8. The molecule has 0 radical (unpaired) electrons. The van der Waals surface area contributed by atoms with Gasteiger partial charge < -0.3 is 19.1 Å². The largest absolute Gasteiger partial charge is 0.484 e. The Bertz CT molecular complexity index is 1670. The van der Waals surface area contributed by atoms with Gasteiger partial charge in [-0.05, 0) is 54.1 Å². The maximum absolute atomic E-state index is 15.0. The van der Waals surface area contributed by atoms with Crippen molar-refractivity contribution in [2.45, 2.75) is 13.0 Å². The average Bonchev–Trinajstić information content (AvgIpc) is 3.20. The number of ether oxygens (including phenoxy) is 2.